The van der Waals surface area contributed by atoms with Crippen LogP contribution in [-0.4, -0.2) is 17.0 Å². The number of thioether (sulfide) groups is 1. The summed E-state index contributed by atoms with van der Waals surface area (Å²) in [4.78, 5) is 21.9. The van der Waals surface area contributed by atoms with Gasteiger partial charge in [-0.15, -0.1) is 11.8 Å². The molecule has 80 valence electrons. The van der Waals surface area contributed by atoms with Crippen LogP contribution in [0.4, 0.5) is 5.69 Å². The van der Waals surface area contributed by atoms with Gasteiger partial charge in [-0.1, -0.05) is 12.1 Å². The summed E-state index contributed by atoms with van der Waals surface area (Å²) in [5.41, 5.74) is 0.797. The van der Waals surface area contributed by atoms with E-state index < -0.39 is 4.92 Å². The van der Waals surface area contributed by atoms with Crippen molar-refractivity contribution in [3.63, 3.8) is 0 Å². The van der Waals surface area contributed by atoms with E-state index >= 15 is 0 Å². The lowest BCUT2D eigenvalue weighted by Crippen LogP contribution is -2.00. The zero-order valence-electron chi connectivity index (χ0n) is 8.52. The largest absolute Gasteiger partial charge is 0.300 e. The van der Waals surface area contributed by atoms with Crippen molar-refractivity contribution >= 4 is 23.2 Å². The van der Waals surface area contributed by atoms with Crippen molar-refractivity contribution in [2.45, 2.75) is 18.2 Å². The molecule has 0 bridgehead atoms. The van der Waals surface area contributed by atoms with Gasteiger partial charge in [0.2, 0.25) is 0 Å². The molecule has 0 aromatic heterocycles. The number of hydrogen-bond donors (Lipinski definition) is 0. The molecule has 0 heterocycles. The fourth-order valence-corrected chi connectivity index (χ4v) is 2.11. The average molecular weight is 225 g/mol. The van der Waals surface area contributed by atoms with E-state index in [2.05, 4.69) is 0 Å². The molecule has 0 atom stereocenters. The minimum absolute atomic E-state index is 0.00537. The van der Waals surface area contributed by atoms with Crippen molar-refractivity contribution in [1.29, 1.82) is 0 Å². The first-order chi connectivity index (χ1) is 7.06. The maximum Gasteiger partial charge on any atom is 0.283 e. The van der Waals surface area contributed by atoms with Crippen molar-refractivity contribution in [3.05, 3.63) is 33.9 Å². The Kier molecular flexibility index (Phi) is 3.85. The Morgan fingerprint density at radius 1 is 1.53 bits per heavy atom. The number of benzene rings is 1. The lowest BCUT2D eigenvalue weighted by Gasteiger charge is -2.05. The number of ketones is 1. The molecule has 0 aliphatic rings. The van der Waals surface area contributed by atoms with E-state index in [4.69, 9.17) is 0 Å². The highest BCUT2D eigenvalue weighted by Crippen LogP contribution is 2.31. The number of nitrogens with zero attached hydrogens (tertiary/aromatic N) is 1. The van der Waals surface area contributed by atoms with Crippen molar-refractivity contribution < 1.29 is 9.72 Å². The summed E-state index contributed by atoms with van der Waals surface area (Å²) in [6, 6.07) is 4.81. The maximum absolute atomic E-state index is 11.0. The van der Waals surface area contributed by atoms with Crippen LogP contribution >= 0.6 is 11.8 Å². The van der Waals surface area contributed by atoms with E-state index in [9.17, 15) is 14.9 Å². The molecule has 15 heavy (non-hydrogen) atoms. The minimum atomic E-state index is -0.421. The second-order valence-corrected chi connectivity index (χ2v) is 3.92. The molecule has 1 aromatic carbocycles. The summed E-state index contributed by atoms with van der Waals surface area (Å²) in [5, 5.41) is 10.7. The van der Waals surface area contributed by atoms with Gasteiger partial charge in [-0.05, 0) is 18.7 Å². The Labute approximate surface area is 91.8 Å². The average Bonchev–Trinajstić information content (AvgIpc) is 2.16. The molecular formula is C10H11NO3S. The predicted octanol–water partition coefficient (Wildman–Crippen LogP) is 2.45. The molecule has 0 aliphatic heterocycles. The van der Waals surface area contributed by atoms with Crippen LogP contribution in [0.15, 0.2) is 23.1 Å². The van der Waals surface area contributed by atoms with Gasteiger partial charge in [-0.3, -0.25) is 14.9 Å². The van der Waals surface area contributed by atoms with E-state index in [1.54, 1.807) is 18.4 Å². The second kappa shape index (κ2) is 4.93. The Morgan fingerprint density at radius 3 is 2.67 bits per heavy atom. The third-order valence-corrected chi connectivity index (χ3v) is 2.80. The summed E-state index contributed by atoms with van der Waals surface area (Å²) in [7, 11) is 0. The van der Waals surface area contributed by atoms with Crippen LogP contribution < -0.4 is 0 Å². The molecule has 0 N–H and O–H groups in total. The molecule has 1 aromatic rings. The van der Waals surface area contributed by atoms with Crippen molar-refractivity contribution in [2.75, 3.05) is 6.26 Å². The molecule has 0 aliphatic carbocycles. The van der Waals surface area contributed by atoms with Gasteiger partial charge in [0.1, 0.15) is 5.78 Å². The molecule has 0 spiro atoms. The van der Waals surface area contributed by atoms with Crippen LogP contribution in [0.2, 0.25) is 0 Å². The number of hydrogen-bond acceptors (Lipinski definition) is 4. The predicted molar refractivity (Wildman–Crippen MR) is 59.3 cm³/mol. The Hall–Kier alpha value is -1.36. The third-order valence-electron chi connectivity index (χ3n) is 1.92. The molecular weight excluding hydrogens is 214 g/mol. The van der Waals surface area contributed by atoms with Gasteiger partial charge >= 0.3 is 0 Å². The van der Waals surface area contributed by atoms with Crippen molar-refractivity contribution in [2.24, 2.45) is 0 Å². The van der Waals surface area contributed by atoms with Crippen LogP contribution in [-0.2, 0) is 11.2 Å². The van der Waals surface area contributed by atoms with E-state index in [0.29, 0.717) is 4.90 Å². The minimum Gasteiger partial charge on any atom is -0.300 e. The first kappa shape index (κ1) is 11.7. The lowest BCUT2D eigenvalue weighted by molar-refractivity contribution is -0.387. The monoisotopic (exact) mass is 225 g/mol. The SMILES string of the molecule is CSc1c(CC(C)=O)cccc1[N+](=O)[O-]. The number of Topliss-reactive ketones (excluding diaryl/α,β-unsaturated/α-hetero) is 1. The number of nitro groups is 1. The van der Waals surface area contributed by atoms with Gasteiger partial charge in [0, 0.05) is 12.5 Å². The van der Waals surface area contributed by atoms with Gasteiger partial charge in [0.15, 0.2) is 0 Å². The number of rotatable bonds is 4. The van der Waals surface area contributed by atoms with Gasteiger partial charge in [0.25, 0.3) is 5.69 Å². The summed E-state index contributed by atoms with van der Waals surface area (Å²) < 4.78 is 0. The Balaban J connectivity index is 3.21. The first-order valence-electron chi connectivity index (χ1n) is 4.36. The summed E-state index contributed by atoms with van der Waals surface area (Å²) >= 11 is 1.30. The summed E-state index contributed by atoms with van der Waals surface area (Å²) in [6.45, 7) is 1.48. The highest BCUT2D eigenvalue weighted by atomic mass is 32.2. The Morgan fingerprint density at radius 2 is 2.20 bits per heavy atom. The normalized spacial score (nSPS) is 10.0. The van der Waals surface area contributed by atoms with Gasteiger partial charge < -0.3 is 0 Å². The smallest absolute Gasteiger partial charge is 0.283 e. The van der Waals surface area contributed by atoms with Crippen LogP contribution in [0.25, 0.3) is 0 Å². The van der Waals surface area contributed by atoms with Gasteiger partial charge in [-0.25, -0.2) is 0 Å². The Bertz CT molecular complexity index is 404. The van der Waals surface area contributed by atoms with Crippen molar-refractivity contribution in [1.82, 2.24) is 0 Å². The summed E-state index contributed by atoms with van der Waals surface area (Å²) in [5.74, 6) is 0.00537. The molecule has 4 nitrogen and oxygen atoms in total. The van der Waals surface area contributed by atoms with Crippen molar-refractivity contribution in [3.8, 4) is 0 Å². The van der Waals surface area contributed by atoms with E-state index in [-0.39, 0.29) is 17.9 Å². The fourth-order valence-electron chi connectivity index (χ4n) is 1.36. The zero-order chi connectivity index (χ0) is 11.4. The summed E-state index contributed by atoms with van der Waals surface area (Å²) in [6.07, 6.45) is 2.02. The topological polar surface area (TPSA) is 60.2 Å². The fraction of sp³-hybridized carbons (Fsp3) is 0.300. The molecule has 0 amide bonds. The molecule has 0 unspecified atom stereocenters. The second-order valence-electron chi connectivity index (χ2n) is 3.11. The number of nitro benzene ring substituents is 1. The quantitative estimate of drug-likeness (QED) is 0.448. The highest BCUT2D eigenvalue weighted by Gasteiger charge is 2.16. The van der Waals surface area contributed by atoms with E-state index in [0.717, 1.165) is 5.56 Å². The molecule has 0 saturated heterocycles. The molecule has 5 heteroatoms. The van der Waals surface area contributed by atoms with Gasteiger partial charge in [-0.2, -0.15) is 0 Å². The molecule has 0 fully saturated rings. The van der Waals surface area contributed by atoms with Gasteiger partial charge in [0.05, 0.1) is 9.82 Å². The molecule has 0 saturated carbocycles. The standard InChI is InChI=1S/C10H11NO3S/c1-7(12)6-8-4-3-5-9(11(13)14)10(8)15-2/h3-5H,6H2,1-2H3. The van der Waals surface area contributed by atoms with Crippen LogP contribution in [0, 0.1) is 10.1 Å². The molecule has 1 rings (SSSR count). The number of carbonyl (C=O) groups excluding carboxylic acids is 1. The van der Waals surface area contributed by atoms with Crippen LogP contribution in [0.1, 0.15) is 12.5 Å². The first-order valence-corrected chi connectivity index (χ1v) is 5.58. The highest BCUT2D eigenvalue weighted by molar-refractivity contribution is 7.98. The lowest BCUT2D eigenvalue weighted by atomic mass is 10.1. The van der Waals surface area contributed by atoms with E-state index in [1.165, 1.54) is 24.8 Å². The number of carbonyl (C=O) groups is 1. The maximum atomic E-state index is 11.0. The van der Waals surface area contributed by atoms with Crippen LogP contribution in [0.3, 0.4) is 0 Å². The van der Waals surface area contributed by atoms with E-state index in [1.807, 2.05) is 0 Å². The molecule has 0 radical (unpaired) electrons. The third kappa shape index (κ3) is 2.79. The zero-order valence-corrected chi connectivity index (χ0v) is 9.34. The van der Waals surface area contributed by atoms with Crippen LogP contribution in [0.5, 0.6) is 0 Å².